The monoisotopic (exact) mass is 316 g/mol. The van der Waals surface area contributed by atoms with E-state index in [0.29, 0.717) is 0 Å². The van der Waals surface area contributed by atoms with Gasteiger partial charge in [-0.2, -0.15) is 0 Å². The van der Waals surface area contributed by atoms with Gasteiger partial charge in [-0.3, -0.25) is 0 Å². The van der Waals surface area contributed by atoms with Crippen LogP contribution in [0.3, 0.4) is 0 Å². The summed E-state index contributed by atoms with van der Waals surface area (Å²) >= 11 is 10.8. The molecule has 4 heteroatoms. The maximum Gasteiger partial charge on any atom is 0.114 e. The fraction of sp³-hybridized carbons (Fsp3) is 0.167. The molecule has 2 aromatic rings. The number of aliphatic hydroxyl groups excluding tert-OH is 1. The van der Waals surface area contributed by atoms with Crippen LogP contribution in [0.1, 0.15) is 22.1 Å². The summed E-state index contributed by atoms with van der Waals surface area (Å²) in [5, 5.41) is 10.2. The average molecular weight is 318 g/mol. The van der Waals surface area contributed by atoms with Crippen LogP contribution in [0.15, 0.2) is 34.8 Å². The Morgan fingerprint density at radius 1 is 1.38 bits per heavy atom. The molecule has 1 atom stereocenters. The van der Waals surface area contributed by atoms with Crippen molar-refractivity contribution in [2.75, 3.05) is 0 Å². The minimum atomic E-state index is -0.619. The first-order chi connectivity index (χ1) is 7.59. The molecule has 0 saturated heterocycles. The number of rotatable bonds is 2. The molecule has 1 heterocycles. The van der Waals surface area contributed by atoms with E-state index in [4.69, 9.17) is 11.6 Å². The first-order valence-electron chi connectivity index (χ1n) is 4.78. The molecule has 0 fully saturated rings. The third kappa shape index (κ3) is 2.33. The van der Waals surface area contributed by atoms with Crippen LogP contribution < -0.4 is 0 Å². The standard InChI is InChI=1S/C12H10BrClOS/c1-7-6-10(16-12(7)14)11(15)8-4-2-3-5-9(8)13/h2-6,11,15H,1H3. The van der Waals surface area contributed by atoms with Crippen LogP contribution in [0.25, 0.3) is 0 Å². The Hall–Kier alpha value is -0.350. The molecule has 1 aromatic carbocycles. The fourth-order valence-corrected chi connectivity index (χ4v) is 3.19. The molecule has 2 rings (SSSR count). The summed E-state index contributed by atoms with van der Waals surface area (Å²) in [4.78, 5) is 0.870. The van der Waals surface area contributed by atoms with Crippen LogP contribution in [0.2, 0.25) is 4.34 Å². The minimum absolute atomic E-state index is 0.619. The van der Waals surface area contributed by atoms with Gasteiger partial charge in [0.05, 0.1) is 4.34 Å². The zero-order chi connectivity index (χ0) is 11.7. The summed E-state index contributed by atoms with van der Waals surface area (Å²) in [6.07, 6.45) is -0.619. The lowest BCUT2D eigenvalue weighted by Gasteiger charge is -2.10. The average Bonchev–Trinajstić information content (AvgIpc) is 2.59. The molecule has 0 saturated carbocycles. The summed E-state index contributed by atoms with van der Waals surface area (Å²) in [7, 11) is 0. The third-order valence-corrected chi connectivity index (χ3v) is 4.68. The highest BCUT2D eigenvalue weighted by atomic mass is 79.9. The maximum absolute atomic E-state index is 10.2. The summed E-state index contributed by atoms with van der Waals surface area (Å²) < 4.78 is 1.64. The summed E-state index contributed by atoms with van der Waals surface area (Å²) in [5.41, 5.74) is 1.87. The molecule has 1 aromatic heterocycles. The lowest BCUT2D eigenvalue weighted by atomic mass is 10.1. The van der Waals surface area contributed by atoms with Gasteiger partial charge < -0.3 is 5.11 Å². The van der Waals surface area contributed by atoms with Gasteiger partial charge in [-0.15, -0.1) is 11.3 Å². The van der Waals surface area contributed by atoms with Gasteiger partial charge in [-0.1, -0.05) is 45.7 Å². The molecule has 0 aliphatic carbocycles. The third-order valence-electron chi connectivity index (χ3n) is 2.35. The topological polar surface area (TPSA) is 20.2 Å². The van der Waals surface area contributed by atoms with Crippen molar-refractivity contribution in [1.82, 2.24) is 0 Å². The second-order valence-electron chi connectivity index (χ2n) is 3.53. The minimum Gasteiger partial charge on any atom is -0.383 e. The molecular formula is C12H10BrClOS. The quantitative estimate of drug-likeness (QED) is 0.861. The van der Waals surface area contributed by atoms with Crippen LogP contribution in [-0.2, 0) is 0 Å². The normalized spacial score (nSPS) is 12.8. The molecular weight excluding hydrogens is 308 g/mol. The predicted molar refractivity (Wildman–Crippen MR) is 72.3 cm³/mol. The smallest absolute Gasteiger partial charge is 0.114 e. The molecule has 0 aliphatic rings. The second kappa shape index (κ2) is 4.88. The van der Waals surface area contributed by atoms with Gasteiger partial charge in [-0.05, 0) is 30.2 Å². The zero-order valence-electron chi connectivity index (χ0n) is 8.58. The van der Waals surface area contributed by atoms with Gasteiger partial charge in [0.2, 0.25) is 0 Å². The van der Waals surface area contributed by atoms with Crippen molar-refractivity contribution >= 4 is 38.9 Å². The summed E-state index contributed by atoms with van der Waals surface area (Å²) in [6.45, 7) is 1.94. The number of aliphatic hydroxyl groups is 1. The number of hydrogen-bond donors (Lipinski definition) is 1. The molecule has 16 heavy (non-hydrogen) atoms. The number of thiophene rings is 1. The Balaban J connectivity index is 2.39. The van der Waals surface area contributed by atoms with E-state index in [1.54, 1.807) is 0 Å². The Labute approximate surface area is 112 Å². The highest BCUT2D eigenvalue weighted by Gasteiger charge is 2.16. The lowest BCUT2D eigenvalue weighted by Crippen LogP contribution is -1.97. The lowest BCUT2D eigenvalue weighted by molar-refractivity contribution is 0.223. The van der Waals surface area contributed by atoms with E-state index in [-0.39, 0.29) is 0 Å². The molecule has 0 bridgehead atoms. The molecule has 1 nitrogen and oxygen atoms in total. The van der Waals surface area contributed by atoms with Gasteiger partial charge in [0.25, 0.3) is 0 Å². The second-order valence-corrected chi connectivity index (χ2v) is 6.07. The van der Waals surface area contributed by atoms with E-state index in [2.05, 4.69) is 15.9 Å². The van der Waals surface area contributed by atoms with Crippen LogP contribution in [0.4, 0.5) is 0 Å². The predicted octanol–water partition coefficient (Wildman–Crippen LogP) is 4.55. The Morgan fingerprint density at radius 2 is 2.06 bits per heavy atom. The van der Waals surface area contributed by atoms with E-state index in [1.807, 2.05) is 37.3 Å². The van der Waals surface area contributed by atoms with E-state index in [0.717, 1.165) is 24.8 Å². The first-order valence-corrected chi connectivity index (χ1v) is 6.76. The van der Waals surface area contributed by atoms with Crippen LogP contribution in [0.5, 0.6) is 0 Å². The molecule has 0 spiro atoms. The SMILES string of the molecule is Cc1cc(C(O)c2ccccc2Br)sc1Cl. The highest BCUT2D eigenvalue weighted by molar-refractivity contribution is 9.10. The number of benzene rings is 1. The van der Waals surface area contributed by atoms with Crippen LogP contribution >= 0.6 is 38.9 Å². The Morgan fingerprint density at radius 3 is 2.62 bits per heavy atom. The van der Waals surface area contributed by atoms with Gasteiger partial charge in [0.1, 0.15) is 6.10 Å². The highest BCUT2D eigenvalue weighted by Crippen LogP contribution is 2.36. The molecule has 0 radical (unpaired) electrons. The molecule has 0 aliphatic heterocycles. The van der Waals surface area contributed by atoms with Crippen LogP contribution in [0, 0.1) is 6.92 Å². The largest absolute Gasteiger partial charge is 0.383 e. The van der Waals surface area contributed by atoms with Gasteiger partial charge in [0.15, 0.2) is 0 Å². The Kier molecular flexibility index (Phi) is 3.70. The number of halogens is 2. The Bertz CT molecular complexity index is 490. The van der Waals surface area contributed by atoms with Gasteiger partial charge >= 0.3 is 0 Å². The molecule has 1 unspecified atom stereocenters. The van der Waals surface area contributed by atoms with Crippen molar-refractivity contribution in [2.24, 2.45) is 0 Å². The molecule has 1 N–H and O–H groups in total. The van der Waals surface area contributed by atoms with Crippen molar-refractivity contribution in [1.29, 1.82) is 0 Å². The van der Waals surface area contributed by atoms with E-state index >= 15 is 0 Å². The van der Waals surface area contributed by atoms with Crippen molar-refractivity contribution in [3.8, 4) is 0 Å². The maximum atomic E-state index is 10.2. The van der Waals surface area contributed by atoms with Gasteiger partial charge in [0, 0.05) is 9.35 Å². The number of aryl methyl sites for hydroxylation is 1. The van der Waals surface area contributed by atoms with Gasteiger partial charge in [-0.25, -0.2) is 0 Å². The van der Waals surface area contributed by atoms with Crippen molar-refractivity contribution in [2.45, 2.75) is 13.0 Å². The molecule has 84 valence electrons. The number of hydrogen-bond acceptors (Lipinski definition) is 2. The van der Waals surface area contributed by atoms with E-state index < -0.39 is 6.10 Å². The molecule has 0 amide bonds. The van der Waals surface area contributed by atoms with Crippen LogP contribution in [-0.4, -0.2) is 5.11 Å². The summed E-state index contributed by atoms with van der Waals surface area (Å²) in [5.74, 6) is 0. The summed E-state index contributed by atoms with van der Waals surface area (Å²) in [6, 6.07) is 9.58. The van der Waals surface area contributed by atoms with Crippen molar-refractivity contribution < 1.29 is 5.11 Å². The van der Waals surface area contributed by atoms with Crippen molar-refractivity contribution in [3.05, 3.63) is 55.1 Å². The van der Waals surface area contributed by atoms with E-state index in [1.165, 1.54) is 11.3 Å². The van der Waals surface area contributed by atoms with Crippen molar-refractivity contribution in [3.63, 3.8) is 0 Å². The zero-order valence-corrected chi connectivity index (χ0v) is 11.7. The van der Waals surface area contributed by atoms with E-state index in [9.17, 15) is 5.11 Å². The fourth-order valence-electron chi connectivity index (χ4n) is 1.47. The first kappa shape index (κ1) is 12.1.